The summed E-state index contributed by atoms with van der Waals surface area (Å²) in [5.41, 5.74) is 10.8. The van der Waals surface area contributed by atoms with Gasteiger partial charge in [0, 0.05) is 43.7 Å². The van der Waals surface area contributed by atoms with E-state index in [1.165, 1.54) is 42.3 Å². The SMILES string of the molecule is N#Cc1ccc2c(c1)c1ccccc1n2-c1ccc2c3ccccc3n(-c3cccc4c3c3ccccc3n4-c3cccc([Si](c4ccccc4)(c4ccccc4)c4ccccc4)c3)c2c1. The first-order valence-electron chi connectivity index (χ1n) is 22.5. The number of benzene rings is 10. The Morgan fingerprint density at radius 3 is 1.42 bits per heavy atom. The number of fused-ring (bicyclic) bond motifs is 9. The molecule has 0 atom stereocenters. The summed E-state index contributed by atoms with van der Waals surface area (Å²) in [6.07, 6.45) is 0. The fourth-order valence-corrected chi connectivity index (χ4v) is 15.9. The summed E-state index contributed by atoms with van der Waals surface area (Å²) in [4.78, 5) is 0. The summed E-state index contributed by atoms with van der Waals surface area (Å²) in [6.45, 7) is 0. The Morgan fingerprint density at radius 1 is 0.303 bits per heavy atom. The van der Waals surface area contributed by atoms with Crippen molar-refractivity contribution < 1.29 is 0 Å². The van der Waals surface area contributed by atoms with Crippen LogP contribution >= 0.6 is 0 Å². The monoisotopic (exact) mass is 856 g/mol. The number of nitriles is 1. The van der Waals surface area contributed by atoms with Gasteiger partial charge in [-0.1, -0.05) is 170 Å². The van der Waals surface area contributed by atoms with Crippen molar-refractivity contribution in [1.82, 2.24) is 13.7 Å². The maximum absolute atomic E-state index is 9.84. The molecule has 308 valence electrons. The van der Waals surface area contributed by atoms with E-state index < -0.39 is 8.07 Å². The molecule has 0 saturated carbocycles. The summed E-state index contributed by atoms with van der Waals surface area (Å²) in [5.74, 6) is 0. The predicted molar refractivity (Wildman–Crippen MR) is 278 cm³/mol. The largest absolute Gasteiger partial charge is 0.309 e. The lowest BCUT2D eigenvalue weighted by Gasteiger charge is -2.34. The van der Waals surface area contributed by atoms with Crippen LogP contribution in [0.4, 0.5) is 0 Å². The molecule has 0 fully saturated rings. The van der Waals surface area contributed by atoms with Crippen LogP contribution in [0.2, 0.25) is 0 Å². The van der Waals surface area contributed by atoms with E-state index in [1.54, 1.807) is 0 Å². The van der Waals surface area contributed by atoms with Crippen LogP contribution in [-0.4, -0.2) is 21.8 Å². The lowest BCUT2D eigenvalue weighted by molar-refractivity contribution is 1.16. The molecule has 10 aromatic carbocycles. The van der Waals surface area contributed by atoms with E-state index in [1.807, 2.05) is 12.1 Å². The molecule has 3 heterocycles. The van der Waals surface area contributed by atoms with Crippen molar-refractivity contribution in [2.75, 3.05) is 0 Å². The molecule has 5 heteroatoms. The number of para-hydroxylation sites is 3. The maximum Gasteiger partial charge on any atom is 0.179 e. The molecule has 0 aliphatic heterocycles. The van der Waals surface area contributed by atoms with Gasteiger partial charge in [0.05, 0.1) is 50.4 Å². The molecule has 0 saturated heterocycles. The van der Waals surface area contributed by atoms with Crippen molar-refractivity contribution in [3.05, 3.63) is 248 Å². The second-order valence-corrected chi connectivity index (χ2v) is 21.0. The number of aromatic nitrogens is 3. The number of hydrogen-bond acceptors (Lipinski definition) is 1. The van der Waals surface area contributed by atoms with Crippen LogP contribution in [0.1, 0.15) is 5.56 Å². The zero-order valence-electron chi connectivity index (χ0n) is 35.9. The van der Waals surface area contributed by atoms with Gasteiger partial charge < -0.3 is 13.7 Å². The summed E-state index contributed by atoms with van der Waals surface area (Å²) < 4.78 is 7.30. The second-order valence-electron chi connectivity index (χ2n) is 17.2. The van der Waals surface area contributed by atoms with Crippen molar-refractivity contribution in [2.45, 2.75) is 0 Å². The molecule has 0 aliphatic rings. The molecule has 0 bridgehead atoms. The average molecular weight is 857 g/mol. The molecule has 66 heavy (non-hydrogen) atoms. The minimum Gasteiger partial charge on any atom is -0.309 e. The molecular formula is C61H40N4Si. The van der Waals surface area contributed by atoms with Gasteiger partial charge in [-0.05, 0) is 93.5 Å². The third-order valence-electron chi connectivity index (χ3n) is 13.8. The van der Waals surface area contributed by atoms with Crippen LogP contribution in [0.25, 0.3) is 82.5 Å². The fraction of sp³-hybridized carbons (Fsp3) is 0. The Kier molecular flexibility index (Phi) is 8.57. The van der Waals surface area contributed by atoms with E-state index in [4.69, 9.17) is 0 Å². The average Bonchev–Trinajstić information content (AvgIpc) is 4.03. The third kappa shape index (κ3) is 5.49. The van der Waals surface area contributed by atoms with Crippen LogP contribution in [0.15, 0.2) is 243 Å². The van der Waals surface area contributed by atoms with E-state index in [0.29, 0.717) is 5.56 Å². The van der Waals surface area contributed by atoms with E-state index in [0.717, 1.165) is 60.9 Å². The molecular weight excluding hydrogens is 817 g/mol. The topological polar surface area (TPSA) is 38.6 Å². The first kappa shape index (κ1) is 37.8. The standard InChI is InChI=1S/C61H40N4Si/c62-41-42-34-37-57-53(38-42)50-27-11-13-29-54(50)63(57)44-35-36-51-49-26-10-14-30-55(49)65(60(51)40-44)59-33-17-32-58-61(59)52-28-12-15-31-56(52)64(58)43-18-16-25-48(39-43)66(45-19-4-1-5-20-45,46-21-6-2-7-22-46)47-23-8-3-9-24-47/h1-40H. The maximum atomic E-state index is 9.84. The van der Waals surface area contributed by atoms with Gasteiger partial charge in [0.2, 0.25) is 0 Å². The van der Waals surface area contributed by atoms with Crippen molar-refractivity contribution in [3.63, 3.8) is 0 Å². The van der Waals surface area contributed by atoms with Crippen molar-refractivity contribution in [2.24, 2.45) is 0 Å². The summed E-state index contributed by atoms with van der Waals surface area (Å²) in [6, 6.07) is 91.1. The van der Waals surface area contributed by atoms with E-state index >= 15 is 0 Å². The molecule has 0 radical (unpaired) electrons. The predicted octanol–water partition coefficient (Wildman–Crippen LogP) is 12.2. The number of rotatable bonds is 7. The van der Waals surface area contributed by atoms with Gasteiger partial charge in [0.1, 0.15) is 0 Å². The summed E-state index contributed by atoms with van der Waals surface area (Å²) in [5, 5.41) is 22.2. The highest BCUT2D eigenvalue weighted by Crippen LogP contribution is 2.41. The molecule has 3 aromatic heterocycles. The van der Waals surface area contributed by atoms with Gasteiger partial charge in [-0.15, -0.1) is 0 Å². The highest BCUT2D eigenvalue weighted by Gasteiger charge is 2.41. The highest BCUT2D eigenvalue weighted by atomic mass is 28.3. The van der Waals surface area contributed by atoms with Gasteiger partial charge >= 0.3 is 0 Å². The first-order chi connectivity index (χ1) is 32.7. The van der Waals surface area contributed by atoms with Crippen molar-refractivity contribution in [3.8, 4) is 23.1 Å². The van der Waals surface area contributed by atoms with Crippen molar-refractivity contribution >= 4 is 94.2 Å². The summed E-state index contributed by atoms with van der Waals surface area (Å²) >= 11 is 0. The van der Waals surface area contributed by atoms with E-state index in [9.17, 15) is 5.26 Å². The number of hydrogen-bond donors (Lipinski definition) is 0. The van der Waals surface area contributed by atoms with Crippen LogP contribution in [0, 0.1) is 11.3 Å². The highest BCUT2D eigenvalue weighted by molar-refractivity contribution is 7.19. The fourth-order valence-electron chi connectivity index (χ4n) is 11.1. The molecule has 4 nitrogen and oxygen atoms in total. The quantitative estimate of drug-likeness (QED) is 0.116. The molecule has 0 aliphatic carbocycles. The molecule has 0 amide bonds. The zero-order valence-corrected chi connectivity index (χ0v) is 36.9. The van der Waals surface area contributed by atoms with Gasteiger partial charge in [-0.2, -0.15) is 5.26 Å². The Labute approximate surface area is 382 Å². The molecule has 0 spiro atoms. The lowest BCUT2D eigenvalue weighted by atomic mass is 10.1. The van der Waals surface area contributed by atoms with Gasteiger partial charge in [-0.3, -0.25) is 0 Å². The van der Waals surface area contributed by atoms with Gasteiger partial charge in [0.15, 0.2) is 8.07 Å². The minimum absolute atomic E-state index is 0.657. The molecule has 0 unspecified atom stereocenters. The van der Waals surface area contributed by atoms with Crippen molar-refractivity contribution in [1.29, 1.82) is 5.26 Å². The molecule has 13 aromatic rings. The third-order valence-corrected chi connectivity index (χ3v) is 18.6. The normalized spacial score (nSPS) is 11.9. The van der Waals surface area contributed by atoms with E-state index in [-0.39, 0.29) is 0 Å². The van der Waals surface area contributed by atoms with Gasteiger partial charge in [0.25, 0.3) is 0 Å². The second kappa shape index (κ2) is 15.0. The Morgan fingerprint density at radius 2 is 0.773 bits per heavy atom. The number of nitrogens with zero attached hydrogens (tertiary/aromatic N) is 4. The Balaban J connectivity index is 1.07. The Hall–Kier alpha value is -8.69. The summed E-state index contributed by atoms with van der Waals surface area (Å²) in [7, 11) is -2.80. The minimum atomic E-state index is -2.80. The Bertz CT molecular complexity index is 3960. The lowest BCUT2D eigenvalue weighted by Crippen LogP contribution is -2.74. The molecule has 13 rings (SSSR count). The van der Waals surface area contributed by atoms with Crippen LogP contribution in [0.3, 0.4) is 0 Å². The zero-order chi connectivity index (χ0) is 43.8. The molecule has 0 N–H and O–H groups in total. The first-order valence-corrected chi connectivity index (χ1v) is 24.5. The smallest absolute Gasteiger partial charge is 0.179 e. The van der Waals surface area contributed by atoms with E-state index in [2.05, 4.69) is 250 Å². The van der Waals surface area contributed by atoms with Crippen LogP contribution < -0.4 is 20.7 Å². The van der Waals surface area contributed by atoms with Crippen LogP contribution in [0.5, 0.6) is 0 Å². The van der Waals surface area contributed by atoms with Gasteiger partial charge in [-0.25, -0.2) is 0 Å². The van der Waals surface area contributed by atoms with Crippen LogP contribution in [-0.2, 0) is 0 Å².